The summed E-state index contributed by atoms with van der Waals surface area (Å²) >= 11 is 0. The van der Waals surface area contributed by atoms with Gasteiger partial charge in [0.25, 0.3) is 0 Å². The number of benzene rings is 2. The molecule has 2 aromatic carbocycles. The van der Waals surface area contributed by atoms with E-state index in [0.29, 0.717) is 102 Å². The number of amides is 3. The van der Waals surface area contributed by atoms with E-state index in [2.05, 4.69) is 15.6 Å². The molecule has 1 atom stereocenters. The average Bonchev–Trinajstić information content (AvgIpc) is 3.85. The summed E-state index contributed by atoms with van der Waals surface area (Å²) in [6.07, 6.45) is 9.87. The standard InChI is InChI=1S/C39H50N8O8/c1-30-25-31(38-32(26-47(43-38)34-7-3-2-4-8-34)11-13-37(49)46-15-6-5-9-35(46)39(40)50)10-12-36(30)55-28-33-27-45(44-42-33)16-18-52-20-22-54-24-23-53-21-19-51-17-14-41-29-48/h2-4,7-8,10-13,25-27,29,35H,5-6,9,14-24,28H2,1H3,(H2,40,50)(H,41,48)/b13-11+. The maximum atomic E-state index is 13.2. The number of hydrogen-bond donors (Lipinski definition) is 2. The van der Waals surface area contributed by atoms with E-state index in [9.17, 15) is 14.4 Å². The monoisotopic (exact) mass is 758 g/mol. The van der Waals surface area contributed by atoms with Crippen LogP contribution >= 0.6 is 0 Å². The number of rotatable bonds is 24. The van der Waals surface area contributed by atoms with Crippen molar-refractivity contribution in [3.05, 3.63) is 83.8 Å². The molecule has 1 saturated heterocycles. The second-order valence-electron chi connectivity index (χ2n) is 12.8. The molecule has 1 unspecified atom stereocenters. The maximum Gasteiger partial charge on any atom is 0.247 e. The van der Waals surface area contributed by atoms with Gasteiger partial charge in [-0.05, 0) is 68.2 Å². The van der Waals surface area contributed by atoms with Gasteiger partial charge >= 0.3 is 0 Å². The third kappa shape index (κ3) is 12.8. The highest BCUT2D eigenvalue weighted by Crippen LogP contribution is 2.30. The lowest BCUT2D eigenvalue weighted by Crippen LogP contribution is -2.49. The topological polar surface area (TPSA) is 187 Å². The molecule has 55 heavy (non-hydrogen) atoms. The molecule has 0 aliphatic carbocycles. The molecule has 3 heterocycles. The van der Waals surface area contributed by atoms with Gasteiger partial charge in [-0.2, -0.15) is 5.10 Å². The number of nitrogens with one attached hydrogen (secondary N) is 1. The smallest absolute Gasteiger partial charge is 0.247 e. The van der Waals surface area contributed by atoms with Gasteiger partial charge in [0.15, 0.2) is 0 Å². The fourth-order valence-electron chi connectivity index (χ4n) is 5.93. The zero-order valence-electron chi connectivity index (χ0n) is 31.2. The number of ether oxygens (including phenoxy) is 5. The second kappa shape index (κ2) is 22.1. The minimum Gasteiger partial charge on any atom is -0.487 e. The van der Waals surface area contributed by atoms with E-state index in [1.807, 2.05) is 67.8 Å². The lowest BCUT2D eigenvalue weighted by Gasteiger charge is -2.32. The molecule has 0 radical (unpaired) electrons. The summed E-state index contributed by atoms with van der Waals surface area (Å²) in [7, 11) is 0. The zero-order chi connectivity index (χ0) is 38.7. The summed E-state index contributed by atoms with van der Waals surface area (Å²) in [6, 6.07) is 15.0. The highest BCUT2D eigenvalue weighted by atomic mass is 16.6. The van der Waals surface area contributed by atoms with Gasteiger partial charge in [-0.3, -0.25) is 14.4 Å². The van der Waals surface area contributed by atoms with Gasteiger partial charge in [0.2, 0.25) is 18.2 Å². The van der Waals surface area contributed by atoms with E-state index in [4.69, 9.17) is 34.5 Å². The first-order chi connectivity index (χ1) is 26.9. The van der Waals surface area contributed by atoms with Gasteiger partial charge in [0, 0.05) is 36.5 Å². The summed E-state index contributed by atoms with van der Waals surface area (Å²) < 4.78 is 31.5. The van der Waals surface area contributed by atoms with E-state index in [1.54, 1.807) is 20.3 Å². The van der Waals surface area contributed by atoms with Crippen LogP contribution in [-0.4, -0.2) is 120 Å². The predicted molar refractivity (Wildman–Crippen MR) is 203 cm³/mol. The number of likely N-dealkylation sites (tertiary alicyclic amines) is 1. The average molecular weight is 759 g/mol. The van der Waals surface area contributed by atoms with Crippen LogP contribution in [0.2, 0.25) is 0 Å². The van der Waals surface area contributed by atoms with Gasteiger partial charge in [0.1, 0.15) is 24.1 Å². The van der Waals surface area contributed by atoms with E-state index >= 15 is 0 Å². The Morgan fingerprint density at radius 2 is 1.65 bits per heavy atom. The molecule has 3 N–H and O–H groups in total. The number of hydrogen-bond acceptors (Lipinski definition) is 11. The molecule has 0 bridgehead atoms. The molecule has 1 aliphatic heterocycles. The third-order valence-corrected chi connectivity index (χ3v) is 8.75. The highest BCUT2D eigenvalue weighted by molar-refractivity contribution is 5.96. The number of piperidine rings is 1. The first-order valence-electron chi connectivity index (χ1n) is 18.5. The molecule has 4 aromatic rings. The van der Waals surface area contributed by atoms with Crippen molar-refractivity contribution in [2.75, 3.05) is 65.9 Å². The SMILES string of the molecule is Cc1cc(-c2nn(-c3ccccc3)cc2/C=C/C(=O)N2CCCCC2C(N)=O)ccc1OCc1cn(CCOCCOCCOCCOCCNC=O)nn1. The van der Waals surface area contributed by atoms with Crippen molar-refractivity contribution < 1.29 is 38.1 Å². The Morgan fingerprint density at radius 3 is 2.36 bits per heavy atom. The Bertz CT molecular complexity index is 1830. The Labute approximate surface area is 320 Å². The first-order valence-corrected chi connectivity index (χ1v) is 18.5. The molecular formula is C39H50N8O8. The zero-order valence-corrected chi connectivity index (χ0v) is 31.2. The number of aromatic nitrogens is 5. The van der Waals surface area contributed by atoms with Crippen LogP contribution in [0.1, 0.15) is 36.1 Å². The molecule has 294 valence electrons. The molecule has 1 fully saturated rings. The van der Waals surface area contributed by atoms with Gasteiger partial charge in [-0.15, -0.1) is 5.10 Å². The van der Waals surface area contributed by atoms with Crippen molar-refractivity contribution >= 4 is 24.3 Å². The summed E-state index contributed by atoms with van der Waals surface area (Å²) in [6.45, 7) is 7.39. The van der Waals surface area contributed by atoms with Crippen LogP contribution in [0.4, 0.5) is 0 Å². The van der Waals surface area contributed by atoms with Crippen LogP contribution in [0.3, 0.4) is 0 Å². The van der Waals surface area contributed by atoms with Crippen LogP contribution in [0.15, 0.2) is 67.0 Å². The van der Waals surface area contributed by atoms with E-state index in [-0.39, 0.29) is 12.5 Å². The van der Waals surface area contributed by atoms with E-state index in [1.165, 1.54) is 6.08 Å². The van der Waals surface area contributed by atoms with Crippen LogP contribution in [0.25, 0.3) is 23.0 Å². The minimum atomic E-state index is -0.595. The maximum absolute atomic E-state index is 13.2. The van der Waals surface area contributed by atoms with Gasteiger partial charge < -0.3 is 39.6 Å². The van der Waals surface area contributed by atoms with Crippen molar-refractivity contribution in [3.63, 3.8) is 0 Å². The summed E-state index contributed by atoms with van der Waals surface area (Å²) in [5.74, 6) is -0.0392. The quantitative estimate of drug-likeness (QED) is 0.0608. The fraction of sp³-hybridized carbons (Fsp3) is 0.436. The minimum absolute atomic E-state index is 0.238. The predicted octanol–water partition coefficient (Wildman–Crippen LogP) is 2.71. The number of nitrogens with zero attached hydrogens (tertiary/aromatic N) is 6. The van der Waals surface area contributed by atoms with Crippen LogP contribution < -0.4 is 15.8 Å². The first kappa shape index (κ1) is 40.8. The normalized spacial score (nSPS) is 14.3. The number of aryl methyl sites for hydroxylation is 1. The highest BCUT2D eigenvalue weighted by Gasteiger charge is 2.29. The van der Waals surface area contributed by atoms with Crippen molar-refractivity contribution in [3.8, 4) is 22.7 Å². The molecule has 0 saturated carbocycles. The molecule has 2 aromatic heterocycles. The van der Waals surface area contributed by atoms with Crippen molar-refractivity contribution in [1.82, 2.24) is 35.0 Å². The molecule has 16 heteroatoms. The molecule has 1 aliphatic rings. The molecule has 0 spiro atoms. The van der Waals surface area contributed by atoms with Crippen molar-refractivity contribution in [1.29, 1.82) is 0 Å². The van der Waals surface area contributed by atoms with Crippen LogP contribution in [-0.2, 0) is 46.5 Å². The summed E-state index contributed by atoms with van der Waals surface area (Å²) in [5.41, 5.74) is 10.4. The van der Waals surface area contributed by atoms with E-state index in [0.717, 1.165) is 35.2 Å². The number of para-hydroxylation sites is 1. The summed E-state index contributed by atoms with van der Waals surface area (Å²) in [4.78, 5) is 36.9. The van der Waals surface area contributed by atoms with Crippen LogP contribution in [0, 0.1) is 6.92 Å². The molecule has 5 rings (SSSR count). The Hall–Kier alpha value is -5.42. The van der Waals surface area contributed by atoms with E-state index < -0.39 is 11.9 Å². The molecular weight excluding hydrogens is 708 g/mol. The molecule has 16 nitrogen and oxygen atoms in total. The number of carbonyl (C=O) groups excluding carboxylic acids is 3. The number of nitrogens with two attached hydrogens (primary N) is 1. The lowest BCUT2D eigenvalue weighted by molar-refractivity contribution is -0.137. The van der Waals surface area contributed by atoms with Gasteiger partial charge in [-0.25, -0.2) is 9.36 Å². The third-order valence-electron chi connectivity index (χ3n) is 8.75. The number of primary amides is 1. The summed E-state index contributed by atoms with van der Waals surface area (Å²) in [5, 5.41) is 15.8. The lowest BCUT2D eigenvalue weighted by atomic mass is 10.0. The van der Waals surface area contributed by atoms with Crippen molar-refractivity contribution in [2.24, 2.45) is 5.73 Å². The number of carbonyl (C=O) groups is 3. The second-order valence-corrected chi connectivity index (χ2v) is 12.8. The Balaban J connectivity index is 1.08. The largest absolute Gasteiger partial charge is 0.487 e. The van der Waals surface area contributed by atoms with Crippen LogP contribution in [0.5, 0.6) is 5.75 Å². The molecule has 3 amide bonds. The fourth-order valence-corrected chi connectivity index (χ4v) is 5.93. The Morgan fingerprint density at radius 1 is 0.927 bits per heavy atom. The van der Waals surface area contributed by atoms with Gasteiger partial charge in [-0.1, -0.05) is 23.4 Å². The van der Waals surface area contributed by atoms with Crippen molar-refractivity contribution in [2.45, 2.75) is 45.4 Å². The Kier molecular flexibility index (Phi) is 16.4. The van der Waals surface area contributed by atoms with Gasteiger partial charge in [0.05, 0.1) is 77.0 Å².